The van der Waals surface area contributed by atoms with Crippen LogP contribution >= 0.6 is 23.1 Å². The van der Waals surface area contributed by atoms with Gasteiger partial charge in [0.05, 0.1) is 5.39 Å². The highest BCUT2D eigenvalue weighted by Crippen LogP contribution is 2.39. The Kier molecular flexibility index (Phi) is 6.02. The fourth-order valence-electron chi connectivity index (χ4n) is 4.00. The molecule has 0 bridgehead atoms. The summed E-state index contributed by atoms with van der Waals surface area (Å²) in [7, 11) is 3.52. The van der Waals surface area contributed by atoms with E-state index in [1.807, 2.05) is 37.3 Å². The Hall–Kier alpha value is -2.12. The second kappa shape index (κ2) is 8.55. The summed E-state index contributed by atoms with van der Waals surface area (Å²) in [5.41, 5.74) is 2.15. The van der Waals surface area contributed by atoms with Crippen LogP contribution in [0.5, 0.6) is 0 Å². The highest BCUT2D eigenvalue weighted by Gasteiger charge is 2.28. The molecule has 0 radical (unpaired) electrons. The summed E-state index contributed by atoms with van der Waals surface area (Å²) in [6, 6.07) is 9.72. The summed E-state index contributed by atoms with van der Waals surface area (Å²) in [5, 5.41) is 0.965. The molecule has 0 spiro atoms. The molecule has 30 heavy (non-hydrogen) atoms. The van der Waals surface area contributed by atoms with Crippen molar-refractivity contribution in [3.63, 3.8) is 0 Å². The summed E-state index contributed by atoms with van der Waals surface area (Å²) in [6.45, 7) is 4.76. The van der Waals surface area contributed by atoms with Gasteiger partial charge in [-0.3, -0.25) is 14.2 Å². The maximum absolute atomic E-state index is 13.4. The zero-order chi connectivity index (χ0) is 21.4. The lowest BCUT2D eigenvalue weighted by Crippen LogP contribution is -2.28. The highest BCUT2D eigenvalue weighted by atomic mass is 32.2. The molecule has 0 aliphatic heterocycles. The van der Waals surface area contributed by atoms with Gasteiger partial charge in [0.15, 0.2) is 5.16 Å². The number of thioether (sulfide) groups is 1. The first kappa shape index (κ1) is 21.1. The third kappa shape index (κ3) is 3.81. The minimum absolute atomic E-state index is 0.0116. The van der Waals surface area contributed by atoms with Crippen LogP contribution in [0.3, 0.4) is 0 Å². The number of aryl methyl sites for hydroxylation is 1. The van der Waals surface area contributed by atoms with E-state index in [0.717, 1.165) is 35.0 Å². The topological polar surface area (TPSA) is 55.2 Å². The van der Waals surface area contributed by atoms with Crippen LogP contribution in [0.25, 0.3) is 10.2 Å². The zero-order valence-corrected chi connectivity index (χ0v) is 19.5. The summed E-state index contributed by atoms with van der Waals surface area (Å²) in [4.78, 5) is 35.1. The molecule has 2 heterocycles. The van der Waals surface area contributed by atoms with Gasteiger partial charge in [-0.2, -0.15) is 0 Å². The maximum Gasteiger partial charge on any atom is 0.263 e. The van der Waals surface area contributed by atoms with Crippen LogP contribution in [0.15, 0.2) is 40.3 Å². The van der Waals surface area contributed by atoms with E-state index in [1.54, 1.807) is 34.9 Å². The van der Waals surface area contributed by atoms with Gasteiger partial charge in [-0.05, 0) is 43.2 Å². The van der Waals surface area contributed by atoms with E-state index in [0.29, 0.717) is 17.6 Å². The van der Waals surface area contributed by atoms with Crippen molar-refractivity contribution in [2.24, 2.45) is 5.92 Å². The number of aromatic nitrogens is 2. The fraction of sp³-hybridized carbons (Fsp3) is 0.435. The molecule has 0 fully saturated rings. The molecule has 2 aromatic heterocycles. The molecule has 7 heteroatoms. The number of benzene rings is 1. The molecular weight excluding hydrogens is 414 g/mol. The predicted octanol–water partition coefficient (Wildman–Crippen LogP) is 4.52. The summed E-state index contributed by atoms with van der Waals surface area (Å²) < 4.78 is 1.73. The minimum Gasteiger partial charge on any atom is -0.348 e. The Morgan fingerprint density at radius 3 is 2.73 bits per heavy atom. The van der Waals surface area contributed by atoms with E-state index in [2.05, 4.69) is 6.92 Å². The molecule has 1 aliphatic rings. The molecule has 1 amide bonds. The number of hydrogen-bond donors (Lipinski definition) is 0. The van der Waals surface area contributed by atoms with E-state index >= 15 is 0 Å². The SMILES string of the molecule is CCn1c(S[C@@H](C(=O)N(C)C)c2ccccc2)nc2sc3c(c2c1=O)CC[C@H](C)C3. The number of nitrogens with zero attached hydrogens (tertiary/aromatic N) is 3. The Bertz CT molecular complexity index is 1130. The van der Waals surface area contributed by atoms with E-state index in [9.17, 15) is 9.59 Å². The molecule has 0 unspecified atom stereocenters. The van der Waals surface area contributed by atoms with Crippen LogP contribution < -0.4 is 5.56 Å². The minimum atomic E-state index is -0.446. The Morgan fingerprint density at radius 1 is 1.33 bits per heavy atom. The van der Waals surface area contributed by atoms with E-state index in [-0.39, 0.29) is 11.5 Å². The average molecular weight is 442 g/mol. The Balaban J connectivity index is 1.83. The summed E-state index contributed by atoms with van der Waals surface area (Å²) in [5.74, 6) is 0.635. The first-order valence-electron chi connectivity index (χ1n) is 10.4. The van der Waals surface area contributed by atoms with Gasteiger partial charge in [-0.1, -0.05) is 49.0 Å². The van der Waals surface area contributed by atoms with Gasteiger partial charge >= 0.3 is 0 Å². The maximum atomic E-state index is 13.4. The molecule has 0 saturated carbocycles. The third-order valence-electron chi connectivity index (χ3n) is 5.69. The molecule has 5 nitrogen and oxygen atoms in total. The Morgan fingerprint density at radius 2 is 2.07 bits per heavy atom. The van der Waals surface area contributed by atoms with Crippen molar-refractivity contribution < 1.29 is 4.79 Å². The van der Waals surface area contributed by atoms with Crippen molar-refractivity contribution in [3.05, 3.63) is 56.7 Å². The van der Waals surface area contributed by atoms with Gasteiger partial charge in [0.25, 0.3) is 5.56 Å². The van der Waals surface area contributed by atoms with Crippen LogP contribution in [0, 0.1) is 5.92 Å². The van der Waals surface area contributed by atoms with E-state index in [1.165, 1.54) is 22.2 Å². The van der Waals surface area contributed by atoms with Crippen molar-refractivity contribution in [1.82, 2.24) is 14.5 Å². The van der Waals surface area contributed by atoms with E-state index < -0.39 is 5.25 Å². The quantitative estimate of drug-likeness (QED) is 0.431. The molecule has 2 atom stereocenters. The lowest BCUT2D eigenvalue weighted by atomic mass is 9.89. The lowest BCUT2D eigenvalue weighted by Gasteiger charge is -2.21. The monoisotopic (exact) mass is 441 g/mol. The molecule has 1 aromatic carbocycles. The van der Waals surface area contributed by atoms with Crippen LogP contribution in [0.2, 0.25) is 0 Å². The van der Waals surface area contributed by atoms with Crippen molar-refractivity contribution in [2.45, 2.75) is 50.1 Å². The smallest absolute Gasteiger partial charge is 0.263 e. The summed E-state index contributed by atoms with van der Waals surface area (Å²) >= 11 is 3.03. The molecule has 158 valence electrons. The number of carbonyl (C=O) groups is 1. The van der Waals surface area contributed by atoms with Crippen molar-refractivity contribution in [1.29, 1.82) is 0 Å². The number of carbonyl (C=O) groups excluding carboxylic acids is 1. The second-order valence-corrected chi connectivity index (χ2v) is 10.3. The lowest BCUT2D eigenvalue weighted by molar-refractivity contribution is -0.128. The number of thiophene rings is 1. The molecule has 0 saturated heterocycles. The normalized spacial score (nSPS) is 17.0. The first-order chi connectivity index (χ1) is 14.4. The van der Waals surface area contributed by atoms with Gasteiger partial charge < -0.3 is 4.90 Å². The number of rotatable bonds is 5. The molecule has 0 N–H and O–H groups in total. The first-order valence-corrected chi connectivity index (χ1v) is 12.1. The number of fused-ring (bicyclic) bond motifs is 3. The van der Waals surface area contributed by atoms with Gasteiger partial charge in [0, 0.05) is 25.5 Å². The second-order valence-electron chi connectivity index (χ2n) is 8.12. The van der Waals surface area contributed by atoms with Gasteiger partial charge in [0.2, 0.25) is 5.91 Å². The van der Waals surface area contributed by atoms with Crippen LogP contribution in [0.1, 0.15) is 41.5 Å². The van der Waals surface area contributed by atoms with Crippen molar-refractivity contribution >= 4 is 39.2 Å². The third-order valence-corrected chi connectivity index (χ3v) is 8.07. The summed E-state index contributed by atoms with van der Waals surface area (Å²) in [6.07, 6.45) is 3.10. The highest BCUT2D eigenvalue weighted by molar-refractivity contribution is 8.00. The molecule has 1 aliphatic carbocycles. The fourth-order valence-corrected chi connectivity index (χ4v) is 6.73. The van der Waals surface area contributed by atoms with Gasteiger partial charge in [-0.15, -0.1) is 11.3 Å². The van der Waals surface area contributed by atoms with Crippen molar-refractivity contribution in [2.75, 3.05) is 14.1 Å². The standard InChI is InChI=1S/C23H27N3O2S2/c1-5-26-21(27)18-16-12-11-14(2)13-17(16)29-20(18)24-23(26)30-19(22(28)25(3)4)15-9-7-6-8-10-15/h6-10,14,19H,5,11-13H2,1-4H3/t14-,19+/m0/s1. The van der Waals surface area contributed by atoms with Gasteiger partial charge in [-0.25, -0.2) is 4.98 Å². The average Bonchev–Trinajstić information content (AvgIpc) is 3.09. The Labute approximate surface area is 185 Å². The van der Waals surface area contributed by atoms with Gasteiger partial charge in [0.1, 0.15) is 10.1 Å². The zero-order valence-electron chi connectivity index (χ0n) is 17.8. The van der Waals surface area contributed by atoms with Crippen molar-refractivity contribution in [3.8, 4) is 0 Å². The molecule has 4 rings (SSSR count). The predicted molar refractivity (Wildman–Crippen MR) is 124 cm³/mol. The van der Waals surface area contributed by atoms with Crippen LogP contribution in [-0.2, 0) is 24.2 Å². The van der Waals surface area contributed by atoms with E-state index in [4.69, 9.17) is 4.98 Å². The number of hydrogen-bond acceptors (Lipinski definition) is 5. The largest absolute Gasteiger partial charge is 0.348 e. The molecule has 3 aromatic rings. The van der Waals surface area contributed by atoms with Crippen LogP contribution in [-0.4, -0.2) is 34.5 Å². The number of likely N-dealkylation sites (N-methyl/N-ethyl adjacent to an activating group) is 1. The van der Waals surface area contributed by atoms with Crippen LogP contribution in [0.4, 0.5) is 0 Å². The molecular formula is C23H27N3O2S2. The number of amides is 1.